The first kappa shape index (κ1) is 14.7. The molecule has 1 fully saturated rings. The van der Waals surface area contributed by atoms with E-state index in [-0.39, 0.29) is 5.92 Å². The van der Waals surface area contributed by atoms with Crippen molar-refractivity contribution in [3.8, 4) is 5.75 Å². The van der Waals surface area contributed by atoms with E-state index in [1.807, 2.05) is 31.2 Å². The lowest BCUT2D eigenvalue weighted by Crippen LogP contribution is -2.43. The number of benzene rings is 1. The Morgan fingerprint density at radius 1 is 1.50 bits per heavy atom. The molecule has 2 N–H and O–H groups in total. The van der Waals surface area contributed by atoms with Crippen molar-refractivity contribution in [2.24, 2.45) is 5.92 Å². The van der Waals surface area contributed by atoms with E-state index in [2.05, 4.69) is 10.2 Å². The second kappa shape index (κ2) is 6.61. The SMILES string of the molecule is CCNC(C(=O)O)C1CCN(c2ccc(OC)cc2)C1. The number of nitrogens with zero attached hydrogens (tertiary/aromatic N) is 1. The van der Waals surface area contributed by atoms with Crippen LogP contribution in [0.25, 0.3) is 0 Å². The lowest BCUT2D eigenvalue weighted by atomic mass is 9.99. The van der Waals surface area contributed by atoms with E-state index in [1.165, 1.54) is 0 Å². The van der Waals surface area contributed by atoms with Gasteiger partial charge in [0.1, 0.15) is 11.8 Å². The summed E-state index contributed by atoms with van der Waals surface area (Å²) in [5, 5.41) is 12.4. The average molecular weight is 278 g/mol. The summed E-state index contributed by atoms with van der Waals surface area (Å²) < 4.78 is 5.15. The van der Waals surface area contributed by atoms with Crippen LogP contribution in [0, 0.1) is 5.92 Å². The Morgan fingerprint density at radius 3 is 2.75 bits per heavy atom. The number of ether oxygens (including phenoxy) is 1. The molecule has 0 amide bonds. The molecule has 2 unspecified atom stereocenters. The van der Waals surface area contributed by atoms with Gasteiger partial charge in [0, 0.05) is 24.7 Å². The van der Waals surface area contributed by atoms with Crippen LogP contribution in [0.5, 0.6) is 5.75 Å². The van der Waals surface area contributed by atoms with Gasteiger partial charge in [-0.15, -0.1) is 0 Å². The predicted octanol–water partition coefficient (Wildman–Crippen LogP) is 1.58. The average Bonchev–Trinajstić information content (AvgIpc) is 2.94. The normalized spacial score (nSPS) is 19.9. The molecule has 0 bridgehead atoms. The summed E-state index contributed by atoms with van der Waals surface area (Å²) in [6.45, 7) is 4.28. The molecule has 2 atom stereocenters. The highest BCUT2D eigenvalue weighted by atomic mass is 16.5. The summed E-state index contributed by atoms with van der Waals surface area (Å²) in [5.41, 5.74) is 1.12. The van der Waals surface area contributed by atoms with Crippen LogP contribution >= 0.6 is 0 Å². The number of carbonyl (C=O) groups is 1. The van der Waals surface area contributed by atoms with E-state index < -0.39 is 12.0 Å². The van der Waals surface area contributed by atoms with Crippen LogP contribution < -0.4 is 15.0 Å². The zero-order valence-electron chi connectivity index (χ0n) is 12.0. The molecular formula is C15H22N2O3. The smallest absolute Gasteiger partial charge is 0.321 e. The first-order valence-electron chi connectivity index (χ1n) is 7.01. The fraction of sp³-hybridized carbons (Fsp3) is 0.533. The summed E-state index contributed by atoms with van der Waals surface area (Å²) >= 11 is 0. The van der Waals surface area contributed by atoms with Crippen molar-refractivity contribution < 1.29 is 14.6 Å². The lowest BCUT2D eigenvalue weighted by molar-refractivity contribution is -0.140. The van der Waals surface area contributed by atoms with Crippen LogP contribution in [0.1, 0.15) is 13.3 Å². The number of anilines is 1. The van der Waals surface area contributed by atoms with Crippen LogP contribution in [0.3, 0.4) is 0 Å². The van der Waals surface area contributed by atoms with Gasteiger partial charge in [-0.3, -0.25) is 4.79 Å². The Hall–Kier alpha value is -1.75. The molecule has 0 saturated carbocycles. The number of nitrogens with one attached hydrogen (secondary N) is 1. The van der Waals surface area contributed by atoms with Crippen molar-refractivity contribution in [3.63, 3.8) is 0 Å². The molecule has 2 rings (SSSR count). The quantitative estimate of drug-likeness (QED) is 0.827. The van der Waals surface area contributed by atoms with Gasteiger partial charge in [-0.25, -0.2) is 0 Å². The zero-order chi connectivity index (χ0) is 14.5. The van der Waals surface area contributed by atoms with E-state index in [0.29, 0.717) is 6.54 Å². The van der Waals surface area contributed by atoms with Gasteiger partial charge in [0.15, 0.2) is 0 Å². The number of hydrogen-bond donors (Lipinski definition) is 2. The zero-order valence-corrected chi connectivity index (χ0v) is 12.0. The van der Waals surface area contributed by atoms with Gasteiger partial charge in [0.05, 0.1) is 7.11 Å². The number of carboxylic acids is 1. The largest absolute Gasteiger partial charge is 0.497 e. The summed E-state index contributed by atoms with van der Waals surface area (Å²) in [6.07, 6.45) is 0.899. The highest BCUT2D eigenvalue weighted by Gasteiger charge is 2.33. The van der Waals surface area contributed by atoms with Crippen molar-refractivity contribution in [2.45, 2.75) is 19.4 Å². The van der Waals surface area contributed by atoms with E-state index in [4.69, 9.17) is 4.74 Å². The lowest BCUT2D eigenvalue weighted by Gasteiger charge is -2.22. The van der Waals surface area contributed by atoms with Crippen molar-refractivity contribution in [2.75, 3.05) is 31.6 Å². The first-order valence-corrected chi connectivity index (χ1v) is 7.01. The van der Waals surface area contributed by atoms with Gasteiger partial charge < -0.3 is 20.1 Å². The third kappa shape index (κ3) is 3.22. The number of likely N-dealkylation sites (N-methyl/N-ethyl adjacent to an activating group) is 1. The molecule has 1 aromatic rings. The number of rotatable bonds is 6. The standard InChI is InChI=1S/C15H22N2O3/c1-3-16-14(15(18)19)11-8-9-17(10-11)12-4-6-13(20-2)7-5-12/h4-7,11,14,16H,3,8-10H2,1-2H3,(H,18,19). The molecule has 5 nitrogen and oxygen atoms in total. The van der Waals surface area contributed by atoms with E-state index in [1.54, 1.807) is 7.11 Å². The molecule has 0 aromatic heterocycles. The third-order valence-corrected chi connectivity index (χ3v) is 3.82. The van der Waals surface area contributed by atoms with Gasteiger partial charge in [-0.05, 0) is 37.2 Å². The van der Waals surface area contributed by atoms with Crippen molar-refractivity contribution in [3.05, 3.63) is 24.3 Å². The minimum absolute atomic E-state index is 0.148. The number of methoxy groups -OCH3 is 1. The van der Waals surface area contributed by atoms with Crippen LogP contribution in [-0.4, -0.2) is 43.9 Å². The molecule has 1 heterocycles. The van der Waals surface area contributed by atoms with Crippen molar-refractivity contribution in [1.29, 1.82) is 0 Å². The Bertz CT molecular complexity index is 447. The first-order chi connectivity index (χ1) is 9.65. The van der Waals surface area contributed by atoms with Gasteiger partial charge in [0.2, 0.25) is 0 Å². The minimum Gasteiger partial charge on any atom is -0.497 e. The van der Waals surface area contributed by atoms with E-state index >= 15 is 0 Å². The third-order valence-electron chi connectivity index (χ3n) is 3.82. The van der Waals surface area contributed by atoms with Crippen LogP contribution in [0.4, 0.5) is 5.69 Å². The molecule has 1 aromatic carbocycles. The predicted molar refractivity (Wildman–Crippen MR) is 78.4 cm³/mol. The summed E-state index contributed by atoms with van der Waals surface area (Å²) in [6, 6.07) is 7.45. The fourth-order valence-corrected chi connectivity index (χ4v) is 2.76. The summed E-state index contributed by atoms with van der Waals surface area (Å²) in [4.78, 5) is 13.5. The minimum atomic E-state index is -0.756. The molecule has 20 heavy (non-hydrogen) atoms. The number of aliphatic carboxylic acids is 1. The van der Waals surface area contributed by atoms with Crippen LogP contribution in [0.2, 0.25) is 0 Å². The molecule has 0 radical (unpaired) electrons. The summed E-state index contributed by atoms with van der Waals surface area (Å²) in [5.74, 6) is 0.226. The number of hydrogen-bond acceptors (Lipinski definition) is 4. The topological polar surface area (TPSA) is 61.8 Å². The molecular weight excluding hydrogens is 256 g/mol. The van der Waals surface area contributed by atoms with Gasteiger partial charge >= 0.3 is 5.97 Å². The maximum atomic E-state index is 11.3. The highest BCUT2D eigenvalue weighted by molar-refractivity contribution is 5.74. The maximum Gasteiger partial charge on any atom is 0.321 e. The molecule has 1 saturated heterocycles. The molecule has 0 aliphatic carbocycles. The van der Waals surface area contributed by atoms with Gasteiger partial charge in [-0.2, -0.15) is 0 Å². The Labute approximate surface area is 119 Å². The second-order valence-electron chi connectivity index (χ2n) is 5.07. The molecule has 1 aliphatic rings. The monoisotopic (exact) mass is 278 g/mol. The molecule has 110 valence electrons. The maximum absolute atomic E-state index is 11.3. The summed E-state index contributed by atoms with van der Waals surface area (Å²) in [7, 11) is 1.65. The van der Waals surface area contributed by atoms with E-state index in [0.717, 1.165) is 30.9 Å². The van der Waals surface area contributed by atoms with Crippen LogP contribution in [0.15, 0.2) is 24.3 Å². The van der Waals surface area contributed by atoms with Gasteiger partial charge in [0.25, 0.3) is 0 Å². The highest BCUT2D eigenvalue weighted by Crippen LogP contribution is 2.27. The Kier molecular flexibility index (Phi) is 4.84. The molecule has 0 spiro atoms. The number of carboxylic acid groups (broad SMARTS) is 1. The van der Waals surface area contributed by atoms with Crippen molar-refractivity contribution in [1.82, 2.24) is 5.32 Å². The van der Waals surface area contributed by atoms with Crippen LogP contribution in [-0.2, 0) is 4.79 Å². The second-order valence-corrected chi connectivity index (χ2v) is 5.07. The van der Waals surface area contributed by atoms with Crippen molar-refractivity contribution >= 4 is 11.7 Å². The molecule has 5 heteroatoms. The fourth-order valence-electron chi connectivity index (χ4n) is 2.76. The van der Waals surface area contributed by atoms with E-state index in [9.17, 15) is 9.90 Å². The Balaban J connectivity index is 2.01. The molecule has 1 aliphatic heterocycles. The van der Waals surface area contributed by atoms with Gasteiger partial charge in [-0.1, -0.05) is 6.92 Å². The Morgan fingerprint density at radius 2 is 2.20 bits per heavy atom.